The van der Waals surface area contributed by atoms with E-state index in [2.05, 4.69) is 0 Å². The number of sulfone groups is 1. The molecule has 5 rings (SSSR count). The molecule has 0 aliphatic carbocycles. The zero-order valence-electron chi connectivity index (χ0n) is 18.8. The molecule has 3 heterocycles. The average Bonchev–Trinajstić information content (AvgIpc) is 3.22. The molecule has 3 aromatic rings. The number of fused-ring (bicyclic) bond motifs is 3. The van der Waals surface area contributed by atoms with Crippen molar-refractivity contribution in [2.24, 2.45) is 0 Å². The van der Waals surface area contributed by atoms with Crippen molar-refractivity contribution in [3.8, 4) is 0 Å². The highest BCUT2D eigenvalue weighted by Crippen LogP contribution is 2.48. The lowest BCUT2D eigenvalue weighted by molar-refractivity contribution is -0.126. The van der Waals surface area contributed by atoms with Gasteiger partial charge >= 0.3 is 0 Å². The van der Waals surface area contributed by atoms with Gasteiger partial charge in [0.2, 0.25) is 5.91 Å². The van der Waals surface area contributed by atoms with Gasteiger partial charge in [-0.2, -0.15) is 0 Å². The van der Waals surface area contributed by atoms with Crippen molar-refractivity contribution in [3.05, 3.63) is 58.6 Å². The first-order chi connectivity index (χ1) is 16.2. The molecule has 1 fully saturated rings. The monoisotopic (exact) mass is 505 g/mol. The molecule has 180 valence electrons. The highest BCUT2D eigenvalue weighted by Gasteiger charge is 2.51. The minimum atomic E-state index is -3.11. The molecular weight excluding hydrogens is 481 g/mol. The Bertz CT molecular complexity index is 1380. The van der Waals surface area contributed by atoms with Gasteiger partial charge in [0.1, 0.15) is 21.5 Å². The fourth-order valence-corrected chi connectivity index (χ4v) is 5.94. The molecule has 2 aliphatic rings. The summed E-state index contributed by atoms with van der Waals surface area (Å²) in [5, 5.41) is 0.541. The number of anilines is 1. The second-order valence-corrected chi connectivity index (χ2v) is 11.7. The van der Waals surface area contributed by atoms with Crippen LogP contribution in [0.5, 0.6) is 0 Å². The lowest BCUT2D eigenvalue weighted by Gasteiger charge is -2.32. The molecule has 7 nitrogen and oxygen atoms in total. The maximum Gasteiger partial charge on any atom is 0.238 e. The second kappa shape index (κ2) is 8.62. The van der Waals surface area contributed by atoms with E-state index in [0.717, 1.165) is 5.52 Å². The third-order valence-electron chi connectivity index (χ3n) is 6.75. The Morgan fingerprint density at radius 1 is 1.18 bits per heavy atom. The van der Waals surface area contributed by atoms with E-state index in [1.807, 2.05) is 10.6 Å². The number of imidazole rings is 1. The Morgan fingerprint density at radius 3 is 2.68 bits per heavy atom. The standard InChI is InChI=1S/C24H25ClFN3O4S/c1-34(31,32)12-2-9-28-21-5-3-16(25)13-19(21)27-22(28)15-29-20-6-4-17(26)14-18(20)24(23(29)30)7-10-33-11-8-24/h3-6,13-14H,2,7-12,15H2,1H3. The summed E-state index contributed by atoms with van der Waals surface area (Å²) >= 11 is 6.18. The van der Waals surface area contributed by atoms with Crippen LogP contribution in [-0.2, 0) is 37.9 Å². The number of amides is 1. The molecule has 1 aromatic heterocycles. The summed E-state index contributed by atoms with van der Waals surface area (Å²) in [5.74, 6) is 0.220. The Morgan fingerprint density at radius 2 is 1.94 bits per heavy atom. The third-order valence-corrected chi connectivity index (χ3v) is 8.02. The number of halogens is 2. The molecule has 0 radical (unpaired) electrons. The Kier molecular flexibility index (Phi) is 5.90. The molecule has 2 aromatic carbocycles. The van der Waals surface area contributed by atoms with Crippen molar-refractivity contribution in [1.82, 2.24) is 9.55 Å². The van der Waals surface area contributed by atoms with E-state index in [4.69, 9.17) is 21.3 Å². The first-order valence-electron chi connectivity index (χ1n) is 11.2. The van der Waals surface area contributed by atoms with Crippen LogP contribution >= 0.6 is 11.6 Å². The summed E-state index contributed by atoms with van der Waals surface area (Å²) in [6, 6.07) is 9.85. The average molecular weight is 506 g/mol. The van der Waals surface area contributed by atoms with Crippen molar-refractivity contribution >= 4 is 44.1 Å². The number of ether oxygens (including phenoxy) is 1. The Labute approximate surface area is 202 Å². The molecule has 0 bridgehead atoms. The van der Waals surface area contributed by atoms with E-state index in [-0.39, 0.29) is 24.0 Å². The van der Waals surface area contributed by atoms with Crippen LogP contribution in [0.3, 0.4) is 0 Å². The van der Waals surface area contributed by atoms with Crippen LogP contribution in [-0.4, -0.2) is 49.1 Å². The molecule has 0 unspecified atom stereocenters. The summed E-state index contributed by atoms with van der Waals surface area (Å²) in [5.41, 5.74) is 2.07. The van der Waals surface area contributed by atoms with E-state index < -0.39 is 15.3 Å². The van der Waals surface area contributed by atoms with Gasteiger partial charge in [0.05, 0.1) is 28.7 Å². The van der Waals surface area contributed by atoms with Crippen LogP contribution in [0.15, 0.2) is 36.4 Å². The smallest absolute Gasteiger partial charge is 0.238 e. The highest BCUT2D eigenvalue weighted by molar-refractivity contribution is 7.90. The maximum absolute atomic E-state index is 14.2. The van der Waals surface area contributed by atoms with Gasteiger partial charge in [0.25, 0.3) is 0 Å². The number of carbonyl (C=O) groups is 1. The van der Waals surface area contributed by atoms with Gasteiger partial charge in [-0.25, -0.2) is 17.8 Å². The molecule has 34 heavy (non-hydrogen) atoms. The van der Waals surface area contributed by atoms with Crippen molar-refractivity contribution < 1.29 is 22.3 Å². The summed E-state index contributed by atoms with van der Waals surface area (Å²) in [6.45, 7) is 1.50. The molecule has 0 saturated carbocycles. The fraction of sp³-hybridized carbons (Fsp3) is 0.417. The van der Waals surface area contributed by atoms with Gasteiger partial charge < -0.3 is 14.2 Å². The SMILES string of the molecule is CS(=O)(=O)CCCn1c(CN2C(=O)C3(CCOCC3)c3cc(F)ccc32)nc2cc(Cl)ccc21. The predicted molar refractivity (Wildman–Crippen MR) is 128 cm³/mol. The molecule has 10 heteroatoms. The molecule has 2 aliphatic heterocycles. The summed E-state index contributed by atoms with van der Waals surface area (Å²) in [6.07, 6.45) is 2.63. The molecule has 1 spiro atoms. The van der Waals surface area contributed by atoms with Crippen molar-refractivity contribution in [1.29, 1.82) is 0 Å². The first kappa shape index (κ1) is 23.3. The third kappa shape index (κ3) is 4.10. The number of hydrogen-bond acceptors (Lipinski definition) is 5. The Balaban J connectivity index is 1.55. The largest absolute Gasteiger partial charge is 0.381 e. The molecule has 1 saturated heterocycles. The summed E-state index contributed by atoms with van der Waals surface area (Å²) in [4.78, 5) is 20.2. The van der Waals surface area contributed by atoms with E-state index in [1.165, 1.54) is 18.4 Å². The van der Waals surface area contributed by atoms with Crippen molar-refractivity contribution in [2.75, 3.05) is 30.1 Å². The first-order valence-corrected chi connectivity index (χ1v) is 13.6. The van der Waals surface area contributed by atoms with Crippen LogP contribution in [0.1, 0.15) is 30.7 Å². The molecule has 0 N–H and O–H groups in total. The van der Waals surface area contributed by atoms with Crippen LogP contribution in [0.4, 0.5) is 10.1 Å². The van der Waals surface area contributed by atoms with Gasteiger partial charge in [0.15, 0.2) is 0 Å². The molecule has 0 atom stereocenters. The number of aryl methyl sites for hydroxylation is 1. The number of rotatable bonds is 6. The molecular formula is C24H25ClFN3O4S. The zero-order valence-corrected chi connectivity index (χ0v) is 20.3. The number of aromatic nitrogens is 2. The quantitative estimate of drug-likeness (QED) is 0.508. The van der Waals surface area contributed by atoms with Crippen LogP contribution < -0.4 is 4.90 Å². The fourth-order valence-electron chi connectivity index (χ4n) is 5.12. The van der Waals surface area contributed by atoms with Crippen LogP contribution in [0, 0.1) is 5.82 Å². The van der Waals surface area contributed by atoms with E-state index in [0.29, 0.717) is 66.6 Å². The summed E-state index contributed by atoms with van der Waals surface area (Å²) < 4.78 is 45.0. The Hall–Kier alpha value is -2.49. The number of benzene rings is 2. The van der Waals surface area contributed by atoms with Gasteiger partial charge in [-0.1, -0.05) is 11.6 Å². The van der Waals surface area contributed by atoms with Crippen molar-refractivity contribution in [3.63, 3.8) is 0 Å². The van der Waals surface area contributed by atoms with Gasteiger partial charge in [0, 0.05) is 36.7 Å². The highest BCUT2D eigenvalue weighted by atomic mass is 35.5. The van der Waals surface area contributed by atoms with E-state index in [9.17, 15) is 17.6 Å². The predicted octanol–water partition coefficient (Wildman–Crippen LogP) is 3.86. The van der Waals surface area contributed by atoms with Gasteiger partial charge in [-0.05, 0) is 61.2 Å². The summed E-state index contributed by atoms with van der Waals surface area (Å²) in [7, 11) is -3.11. The number of hydrogen-bond donors (Lipinski definition) is 0. The molecule has 1 amide bonds. The van der Waals surface area contributed by atoms with Gasteiger partial charge in [-0.3, -0.25) is 4.79 Å². The zero-order chi connectivity index (χ0) is 24.1. The second-order valence-electron chi connectivity index (χ2n) is 9.04. The van der Waals surface area contributed by atoms with Crippen LogP contribution in [0.25, 0.3) is 11.0 Å². The van der Waals surface area contributed by atoms with E-state index in [1.54, 1.807) is 23.1 Å². The minimum absolute atomic E-state index is 0.0492. The lowest BCUT2D eigenvalue weighted by atomic mass is 9.75. The normalized spacial score (nSPS) is 17.6. The minimum Gasteiger partial charge on any atom is -0.381 e. The maximum atomic E-state index is 14.2. The number of nitrogens with zero attached hydrogens (tertiary/aromatic N) is 3. The topological polar surface area (TPSA) is 81.5 Å². The number of carbonyl (C=O) groups excluding carboxylic acids is 1. The van der Waals surface area contributed by atoms with Crippen molar-refractivity contribution in [2.45, 2.75) is 37.8 Å². The van der Waals surface area contributed by atoms with Gasteiger partial charge in [-0.15, -0.1) is 0 Å². The van der Waals surface area contributed by atoms with Crippen LogP contribution in [0.2, 0.25) is 5.02 Å². The lowest BCUT2D eigenvalue weighted by Crippen LogP contribution is -2.44. The van der Waals surface area contributed by atoms with E-state index >= 15 is 0 Å².